The molecule has 2 heterocycles. The third-order valence-corrected chi connectivity index (χ3v) is 7.64. The summed E-state index contributed by atoms with van der Waals surface area (Å²) in [6.45, 7) is 3.59. The second kappa shape index (κ2) is 7.79. The number of rotatable bonds is 6. The molecule has 1 aliphatic rings. The molecule has 0 aliphatic carbocycles. The Labute approximate surface area is 168 Å². The van der Waals surface area contributed by atoms with Gasteiger partial charge < -0.3 is 10.1 Å². The molecule has 1 aliphatic heterocycles. The lowest BCUT2D eigenvalue weighted by molar-refractivity contribution is -0.122. The summed E-state index contributed by atoms with van der Waals surface area (Å²) in [5.74, 6) is -0.336. The molecule has 1 N–H and O–H groups in total. The minimum atomic E-state index is -2.97. The van der Waals surface area contributed by atoms with Crippen molar-refractivity contribution in [3.8, 4) is 5.75 Å². The number of carbonyl (C=O) groups excluding carboxylic acids is 1. The van der Waals surface area contributed by atoms with Gasteiger partial charge in [-0.25, -0.2) is 17.8 Å². The number of nitrogens with one attached hydrogen (secondary N) is 1. The zero-order valence-corrected chi connectivity index (χ0v) is 17.6. The fourth-order valence-electron chi connectivity index (χ4n) is 3.27. The highest BCUT2D eigenvalue weighted by Crippen LogP contribution is 2.31. The lowest BCUT2D eigenvalue weighted by Gasteiger charge is -2.27. The van der Waals surface area contributed by atoms with Crippen molar-refractivity contribution in [3.05, 3.63) is 45.7 Å². The number of sulfone groups is 1. The number of aromatic nitrogens is 1. The molecule has 6 nitrogen and oxygen atoms in total. The Morgan fingerprint density at radius 2 is 2.18 bits per heavy atom. The van der Waals surface area contributed by atoms with Crippen molar-refractivity contribution in [1.82, 2.24) is 10.3 Å². The number of hydrogen-bond donors (Lipinski definition) is 1. The van der Waals surface area contributed by atoms with Gasteiger partial charge in [-0.15, -0.1) is 11.3 Å². The van der Waals surface area contributed by atoms with Crippen LogP contribution in [0.3, 0.4) is 0 Å². The predicted molar refractivity (Wildman–Crippen MR) is 106 cm³/mol. The van der Waals surface area contributed by atoms with E-state index in [1.165, 1.54) is 30.6 Å². The van der Waals surface area contributed by atoms with Gasteiger partial charge in [0.15, 0.2) is 21.4 Å². The van der Waals surface area contributed by atoms with Crippen LogP contribution in [0.1, 0.15) is 42.5 Å². The molecule has 0 saturated carbocycles. The normalized spacial score (nSPS) is 18.8. The number of thiazole rings is 1. The van der Waals surface area contributed by atoms with Crippen LogP contribution in [0.5, 0.6) is 5.75 Å². The van der Waals surface area contributed by atoms with Crippen molar-refractivity contribution in [2.75, 3.05) is 18.6 Å². The first-order valence-corrected chi connectivity index (χ1v) is 11.6. The third kappa shape index (κ3) is 4.70. The summed E-state index contributed by atoms with van der Waals surface area (Å²) >= 11 is 1.39. The van der Waals surface area contributed by atoms with E-state index in [0.717, 1.165) is 5.01 Å². The van der Waals surface area contributed by atoms with Crippen molar-refractivity contribution >= 4 is 27.1 Å². The summed E-state index contributed by atoms with van der Waals surface area (Å²) in [6.07, 6.45) is 0.662. The van der Waals surface area contributed by atoms with Crippen LogP contribution < -0.4 is 10.1 Å². The lowest BCUT2D eigenvalue weighted by atomic mass is 9.93. The summed E-state index contributed by atoms with van der Waals surface area (Å²) in [6, 6.07) is 4.59. The molecule has 1 fully saturated rings. The van der Waals surface area contributed by atoms with E-state index < -0.39 is 21.2 Å². The molecular formula is C19H23FN2O4S2. The van der Waals surface area contributed by atoms with Gasteiger partial charge in [0, 0.05) is 11.3 Å². The number of halogens is 1. The van der Waals surface area contributed by atoms with E-state index in [0.29, 0.717) is 17.7 Å². The molecular weight excluding hydrogens is 403 g/mol. The first kappa shape index (κ1) is 20.7. The Kier molecular flexibility index (Phi) is 5.77. The number of nitrogens with zero attached hydrogens (tertiary/aromatic N) is 1. The highest BCUT2D eigenvalue weighted by atomic mass is 32.2. The van der Waals surface area contributed by atoms with Gasteiger partial charge in [0.25, 0.3) is 0 Å². The van der Waals surface area contributed by atoms with Gasteiger partial charge in [-0.2, -0.15) is 0 Å². The second-order valence-electron chi connectivity index (χ2n) is 7.48. The van der Waals surface area contributed by atoms with Crippen molar-refractivity contribution in [2.24, 2.45) is 0 Å². The minimum absolute atomic E-state index is 0.0782. The van der Waals surface area contributed by atoms with E-state index in [1.54, 1.807) is 25.3 Å². The second-order valence-corrected chi connectivity index (χ2v) is 10.6. The van der Waals surface area contributed by atoms with Crippen molar-refractivity contribution in [3.63, 3.8) is 0 Å². The van der Waals surface area contributed by atoms with Gasteiger partial charge in [0.1, 0.15) is 0 Å². The standard InChI is InChI=1S/C19H23FN2O4S2/c1-19(2,13-4-5-16(26-3)15(20)8-13)22-17(23)9-14-10-27-18(21-14)12-6-7-28(24,25)11-12/h4-5,8,10,12H,6-7,9,11H2,1-3H3,(H,22,23). The van der Waals surface area contributed by atoms with Crippen molar-refractivity contribution in [1.29, 1.82) is 0 Å². The fourth-order valence-corrected chi connectivity index (χ4v) is 6.08. The van der Waals surface area contributed by atoms with E-state index in [-0.39, 0.29) is 35.5 Å². The zero-order chi connectivity index (χ0) is 20.5. The monoisotopic (exact) mass is 426 g/mol. The highest BCUT2D eigenvalue weighted by molar-refractivity contribution is 7.91. The van der Waals surface area contributed by atoms with E-state index in [4.69, 9.17) is 4.74 Å². The Bertz CT molecular complexity index is 986. The first-order chi connectivity index (χ1) is 13.1. The number of carbonyl (C=O) groups is 1. The van der Waals surface area contributed by atoms with Crippen LogP contribution >= 0.6 is 11.3 Å². The van der Waals surface area contributed by atoms with Crippen LogP contribution in [0, 0.1) is 5.82 Å². The smallest absolute Gasteiger partial charge is 0.226 e. The maximum atomic E-state index is 14.0. The number of benzene rings is 1. The van der Waals surface area contributed by atoms with Crippen LogP contribution in [0.25, 0.3) is 0 Å². The largest absolute Gasteiger partial charge is 0.494 e. The Hall–Kier alpha value is -2.00. The maximum absolute atomic E-state index is 14.0. The van der Waals surface area contributed by atoms with Gasteiger partial charge in [0.05, 0.1) is 41.3 Å². The molecule has 9 heteroatoms. The van der Waals surface area contributed by atoms with Gasteiger partial charge in [-0.1, -0.05) is 6.07 Å². The molecule has 0 bridgehead atoms. The molecule has 0 radical (unpaired) electrons. The summed E-state index contributed by atoms with van der Waals surface area (Å²) in [4.78, 5) is 16.9. The lowest BCUT2D eigenvalue weighted by Crippen LogP contribution is -2.41. The Morgan fingerprint density at radius 1 is 1.43 bits per heavy atom. The van der Waals surface area contributed by atoms with Gasteiger partial charge in [0.2, 0.25) is 5.91 Å². The van der Waals surface area contributed by atoms with Crippen LogP contribution in [0.4, 0.5) is 4.39 Å². The van der Waals surface area contributed by atoms with E-state index in [9.17, 15) is 17.6 Å². The van der Waals surface area contributed by atoms with Crippen LogP contribution in [-0.4, -0.2) is 37.9 Å². The van der Waals surface area contributed by atoms with Crippen LogP contribution in [0.2, 0.25) is 0 Å². The average molecular weight is 427 g/mol. The third-order valence-electron chi connectivity index (χ3n) is 4.82. The SMILES string of the molecule is COc1ccc(C(C)(C)NC(=O)Cc2csc(C3CCS(=O)(=O)C3)n2)cc1F. The van der Waals surface area contributed by atoms with Crippen molar-refractivity contribution in [2.45, 2.75) is 38.1 Å². The van der Waals surface area contributed by atoms with Gasteiger partial charge >= 0.3 is 0 Å². The van der Waals surface area contributed by atoms with Crippen molar-refractivity contribution < 1.29 is 22.3 Å². The topological polar surface area (TPSA) is 85.4 Å². The van der Waals surface area contributed by atoms with E-state index in [2.05, 4.69) is 10.3 Å². The number of amides is 1. The molecule has 0 spiro atoms. The molecule has 1 saturated heterocycles. The summed E-state index contributed by atoms with van der Waals surface area (Å²) < 4.78 is 42.2. The molecule has 152 valence electrons. The Balaban J connectivity index is 1.64. The molecule has 1 aromatic carbocycles. The summed E-state index contributed by atoms with van der Waals surface area (Å²) in [7, 11) is -1.58. The first-order valence-electron chi connectivity index (χ1n) is 8.89. The zero-order valence-electron chi connectivity index (χ0n) is 16.0. The van der Waals surface area contributed by atoms with Crippen LogP contribution in [0.15, 0.2) is 23.6 Å². The quantitative estimate of drug-likeness (QED) is 0.768. The molecule has 28 heavy (non-hydrogen) atoms. The summed E-state index contributed by atoms with van der Waals surface area (Å²) in [5, 5.41) is 5.46. The fraction of sp³-hybridized carbons (Fsp3) is 0.474. The van der Waals surface area contributed by atoms with Gasteiger partial charge in [-0.05, 0) is 38.0 Å². The number of methoxy groups -OCH3 is 1. The molecule has 2 aromatic rings. The predicted octanol–water partition coefficient (Wildman–Crippen LogP) is 2.79. The highest BCUT2D eigenvalue weighted by Gasteiger charge is 2.31. The molecule has 1 aromatic heterocycles. The van der Waals surface area contributed by atoms with E-state index >= 15 is 0 Å². The molecule has 1 unspecified atom stereocenters. The van der Waals surface area contributed by atoms with E-state index in [1.807, 2.05) is 0 Å². The number of hydrogen-bond acceptors (Lipinski definition) is 6. The maximum Gasteiger partial charge on any atom is 0.226 e. The summed E-state index contributed by atoms with van der Waals surface area (Å²) in [5.41, 5.74) is 0.454. The molecule has 1 atom stereocenters. The van der Waals surface area contributed by atoms with Crippen LogP contribution in [-0.2, 0) is 26.6 Å². The average Bonchev–Trinajstić information content (AvgIpc) is 3.20. The minimum Gasteiger partial charge on any atom is -0.494 e. The molecule has 1 amide bonds. The Morgan fingerprint density at radius 3 is 2.79 bits per heavy atom. The molecule has 3 rings (SSSR count). The van der Waals surface area contributed by atoms with Gasteiger partial charge in [-0.3, -0.25) is 4.79 Å². The number of ether oxygens (including phenoxy) is 1.